The number of nitrogens with one attached hydrogen (secondary N) is 1. The zero-order valence-electron chi connectivity index (χ0n) is 14.8. The fourth-order valence-electron chi connectivity index (χ4n) is 2.24. The molecule has 1 N–H and O–H groups in total. The summed E-state index contributed by atoms with van der Waals surface area (Å²) in [6, 6.07) is 11.9. The van der Waals surface area contributed by atoms with Crippen molar-refractivity contribution < 1.29 is 13.2 Å². The van der Waals surface area contributed by atoms with Gasteiger partial charge in [0.25, 0.3) is 0 Å². The molecule has 140 valence electrons. The number of carbonyl (C=O) groups is 1. The molecule has 0 aliphatic rings. The number of carbonyl (C=O) groups excluding carboxylic acids is 1. The predicted molar refractivity (Wildman–Crippen MR) is 108 cm³/mol. The van der Waals surface area contributed by atoms with Gasteiger partial charge < -0.3 is 5.32 Å². The topological polar surface area (TPSA) is 63.2 Å². The Bertz CT molecular complexity index is 898. The molecule has 2 rings (SSSR count). The third-order valence-corrected chi connectivity index (χ3v) is 7.19. The Morgan fingerprint density at radius 3 is 2.19 bits per heavy atom. The zero-order valence-corrected chi connectivity index (χ0v) is 17.2. The number of sulfone groups is 1. The number of amides is 1. The van der Waals surface area contributed by atoms with E-state index in [0.717, 1.165) is 0 Å². The maximum atomic E-state index is 12.4. The monoisotopic (exact) mass is 413 g/mol. The molecule has 0 fully saturated rings. The molecule has 0 unspecified atom stereocenters. The number of rotatable bonds is 5. The van der Waals surface area contributed by atoms with Crippen molar-refractivity contribution >= 4 is 44.6 Å². The first-order chi connectivity index (χ1) is 12.0. The van der Waals surface area contributed by atoms with E-state index in [1.165, 1.54) is 0 Å². The highest BCUT2D eigenvalue weighted by Crippen LogP contribution is 2.25. The van der Waals surface area contributed by atoms with E-state index in [1.807, 2.05) is 0 Å². The molecule has 2 aromatic rings. The smallest absolute Gasteiger partial charge is 0.228 e. The van der Waals surface area contributed by atoms with Crippen LogP contribution >= 0.6 is 23.2 Å². The van der Waals surface area contributed by atoms with Crippen molar-refractivity contribution in [1.29, 1.82) is 0 Å². The number of anilines is 1. The number of benzene rings is 2. The average Bonchev–Trinajstić information content (AvgIpc) is 2.50. The van der Waals surface area contributed by atoms with Gasteiger partial charge in [-0.25, -0.2) is 8.42 Å². The van der Waals surface area contributed by atoms with Crippen LogP contribution in [-0.2, 0) is 26.8 Å². The van der Waals surface area contributed by atoms with Gasteiger partial charge in [0.05, 0.1) is 16.9 Å². The van der Waals surface area contributed by atoms with Gasteiger partial charge in [0.15, 0.2) is 9.84 Å². The summed E-state index contributed by atoms with van der Waals surface area (Å²) in [4.78, 5) is 12.3. The Balaban J connectivity index is 2.12. The van der Waals surface area contributed by atoms with Crippen molar-refractivity contribution in [3.63, 3.8) is 0 Å². The first-order valence-corrected chi connectivity index (χ1v) is 10.4. The summed E-state index contributed by atoms with van der Waals surface area (Å²) in [5.41, 5.74) is 1.70. The van der Waals surface area contributed by atoms with Gasteiger partial charge >= 0.3 is 0 Å². The van der Waals surface area contributed by atoms with Crippen molar-refractivity contribution in [3.05, 3.63) is 63.6 Å². The average molecular weight is 414 g/mol. The van der Waals surface area contributed by atoms with Crippen LogP contribution in [0.2, 0.25) is 10.0 Å². The second-order valence-corrected chi connectivity index (χ2v) is 10.6. The summed E-state index contributed by atoms with van der Waals surface area (Å²) in [5.74, 6) is -0.368. The Morgan fingerprint density at radius 2 is 1.62 bits per heavy atom. The molecule has 1 amide bonds. The zero-order chi connectivity index (χ0) is 19.5. The highest BCUT2D eigenvalue weighted by Gasteiger charge is 2.29. The largest absolute Gasteiger partial charge is 0.326 e. The highest BCUT2D eigenvalue weighted by molar-refractivity contribution is 7.91. The number of hydrogen-bond donors (Lipinski definition) is 1. The summed E-state index contributed by atoms with van der Waals surface area (Å²) in [6.45, 7) is 5.00. The molecule has 7 heteroatoms. The summed E-state index contributed by atoms with van der Waals surface area (Å²) in [5, 5.41) is 3.62. The molecular formula is C19H21Cl2NO3S. The molecule has 0 aromatic heterocycles. The summed E-state index contributed by atoms with van der Waals surface area (Å²) in [7, 11) is -3.30. The van der Waals surface area contributed by atoms with Gasteiger partial charge in [-0.3, -0.25) is 4.79 Å². The minimum Gasteiger partial charge on any atom is -0.326 e. The number of hydrogen-bond acceptors (Lipinski definition) is 3. The van der Waals surface area contributed by atoms with E-state index in [9.17, 15) is 13.2 Å². The number of halogens is 2. The van der Waals surface area contributed by atoms with Gasteiger partial charge in [-0.05, 0) is 56.2 Å². The lowest BCUT2D eigenvalue weighted by Gasteiger charge is -2.19. The maximum absolute atomic E-state index is 12.4. The third-order valence-electron chi connectivity index (χ3n) is 3.90. The highest BCUT2D eigenvalue weighted by atomic mass is 35.5. The first kappa shape index (κ1) is 20.7. The molecular weight excluding hydrogens is 393 g/mol. The fraction of sp³-hybridized carbons (Fsp3) is 0.316. The van der Waals surface area contributed by atoms with Gasteiger partial charge in [0, 0.05) is 15.7 Å². The maximum Gasteiger partial charge on any atom is 0.228 e. The standard InChI is InChI=1S/C19H21Cl2NO3S/c1-19(2,3)26(24,25)12-13-6-4-7-14(10-13)22-18(23)11-15-16(20)8-5-9-17(15)21/h4-10H,11-12H2,1-3H3,(H,22,23). The van der Waals surface area contributed by atoms with Crippen LogP contribution in [-0.4, -0.2) is 19.1 Å². The van der Waals surface area contributed by atoms with E-state index < -0.39 is 14.6 Å². The molecule has 0 radical (unpaired) electrons. The SMILES string of the molecule is CC(C)(C)S(=O)(=O)Cc1cccc(NC(=O)Cc2c(Cl)cccc2Cl)c1. The van der Waals surface area contributed by atoms with Crippen LogP contribution in [0.1, 0.15) is 31.9 Å². The molecule has 0 spiro atoms. The Hall–Kier alpha value is -1.56. The summed E-state index contributed by atoms with van der Waals surface area (Å²) in [6.07, 6.45) is 0.0308. The molecule has 0 atom stereocenters. The van der Waals surface area contributed by atoms with Crippen molar-refractivity contribution in [2.24, 2.45) is 0 Å². The van der Waals surface area contributed by atoms with E-state index in [2.05, 4.69) is 5.32 Å². The molecule has 26 heavy (non-hydrogen) atoms. The Labute approximate surface area is 164 Å². The Morgan fingerprint density at radius 1 is 1.04 bits per heavy atom. The molecule has 0 heterocycles. The van der Waals surface area contributed by atoms with Crippen LogP contribution in [0.5, 0.6) is 0 Å². The molecule has 0 aliphatic heterocycles. The van der Waals surface area contributed by atoms with Crippen molar-refractivity contribution in [2.75, 3.05) is 5.32 Å². The van der Waals surface area contributed by atoms with Crippen LogP contribution in [0, 0.1) is 0 Å². The minimum atomic E-state index is -3.30. The van der Waals surface area contributed by atoms with E-state index in [1.54, 1.807) is 63.2 Å². The Kier molecular flexibility index (Phi) is 6.37. The van der Waals surface area contributed by atoms with E-state index in [4.69, 9.17) is 23.2 Å². The third kappa shape index (κ3) is 5.22. The summed E-state index contributed by atoms with van der Waals surface area (Å²) < 4.78 is 23.9. The van der Waals surface area contributed by atoms with E-state index >= 15 is 0 Å². The van der Waals surface area contributed by atoms with E-state index in [0.29, 0.717) is 26.9 Å². The normalized spacial score (nSPS) is 12.0. The predicted octanol–water partition coefficient (Wildman–Crippen LogP) is 4.89. The van der Waals surface area contributed by atoms with E-state index in [-0.39, 0.29) is 18.1 Å². The lowest BCUT2D eigenvalue weighted by atomic mass is 10.1. The van der Waals surface area contributed by atoms with Crippen LogP contribution < -0.4 is 5.32 Å². The van der Waals surface area contributed by atoms with Crippen LogP contribution in [0.3, 0.4) is 0 Å². The summed E-state index contributed by atoms with van der Waals surface area (Å²) >= 11 is 12.2. The lowest BCUT2D eigenvalue weighted by Crippen LogP contribution is -2.29. The van der Waals surface area contributed by atoms with Gasteiger partial charge in [0.1, 0.15) is 0 Å². The van der Waals surface area contributed by atoms with Gasteiger partial charge in [-0.15, -0.1) is 0 Å². The molecule has 0 saturated carbocycles. The van der Waals surface area contributed by atoms with Gasteiger partial charge in [-0.2, -0.15) is 0 Å². The molecule has 0 bridgehead atoms. The molecule has 0 aliphatic carbocycles. The second-order valence-electron chi connectivity index (χ2n) is 7.00. The minimum absolute atomic E-state index is 0.0308. The first-order valence-electron chi connectivity index (χ1n) is 8.03. The van der Waals surface area contributed by atoms with Crippen LogP contribution in [0.15, 0.2) is 42.5 Å². The van der Waals surface area contributed by atoms with Crippen molar-refractivity contribution in [3.8, 4) is 0 Å². The molecule has 4 nitrogen and oxygen atoms in total. The fourth-order valence-corrected chi connectivity index (χ4v) is 3.82. The molecule has 2 aromatic carbocycles. The van der Waals surface area contributed by atoms with Crippen LogP contribution in [0.4, 0.5) is 5.69 Å². The van der Waals surface area contributed by atoms with Gasteiger partial charge in [0.2, 0.25) is 5.91 Å². The van der Waals surface area contributed by atoms with Crippen molar-refractivity contribution in [2.45, 2.75) is 37.7 Å². The van der Waals surface area contributed by atoms with Crippen molar-refractivity contribution in [1.82, 2.24) is 0 Å². The molecule has 0 saturated heterocycles. The van der Waals surface area contributed by atoms with Gasteiger partial charge in [-0.1, -0.05) is 41.4 Å². The lowest BCUT2D eigenvalue weighted by molar-refractivity contribution is -0.115. The second kappa shape index (κ2) is 7.99. The quantitative estimate of drug-likeness (QED) is 0.758. The van der Waals surface area contributed by atoms with Crippen LogP contribution in [0.25, 0.3) is 0 Å².